The molecule has 1 aromatic heterocycles. The molecule has 2 amide bonds. The van der Waals surface area contributed by atoms with Crippen LogP contribution in [0.3, 0.4) is 0 Å². The van der Waals surface area contributed by atoms with Crippen molar-refractivity contribution in [2.24, 2.45) is 0 Å². The summed E-state index contributed by atoms with van der Waals surface area (Å²) in [5, 5.41) is 13.3. The lowest BCUT2D eigenvalue weighted by Crippen LogP contribution is -2.47. The Kier molecular flexibility index (Phi) is 6.36. The number of carbonyl (C=O) groups is 2. The molecular formula is C27H30FN5O2. The van der Waals surface area contributed by atoms with E-state index < -0.39 is 12.1 Å². The molecule has 3 aromatic rings. The zero-order chi connectivity index (χ0) is 24.4. The fourth-order valence-corrected chi connectivity index (χ4v) is 5.32. The maximum atomic E-state index is 15.3. The van der Waals surface area contributed by atoms with Gasteiger partial charge in [0.25, 0.3) is 0 Å². The molecule has 0 radical (unpaired) electrons. The number of H-pyrrole nitrogens is 1. The summed E-state index contributed by atoms with van der Waals surface area (Å²) in [6, 6.07) is 13.8. The zero-order valence-corrected chi connectivity index (χ0v) is 19.8. The largest absolute Gasteiger partial charge is 0.343 e. The lowest BCUT2D eigenvalue weighted by atomic mass is 9.66. The number of aromatic nitrogens is 3. The van der Waals surface area contributed by atoms with Crippen LogP contribution in [-0.2, 0) is 21.4 Å². The number of aromatic amines is 1. The van der Waals surface area contributed by atoms with Gasteiger partial charge in [-0.3, -0.25) is 9.59 Å². The maximum Gasteiger partial charge on any atom is 0.243 e. The third-order valence-electron chi connectivity index (χ3n) is 7.53. The molecule has 2 atom stereocenters. The second kappa shape index (κ2) is 9.60. The molecule has 1 saturated heterocycles. The number of carbonyl (C=O) groups excluding carboxylic acids is 2. The van der Waals surface area contributed by atoms with Gasteiger partial charge in [0, 0.05) is 6.54 Å². The lowest BCUT2D eigenvalue weighted by Gasteiger charge is -2.39. The average molecular weight is 476 g/mol. The quantitative estimate of drug-likeness (QED) is 0.544. The van der Waals surface area contributed by atoms with Crippen LogP contribution in [-0.4, -0.2) is 44.7 Å². The first kappa shape index (κ1) is 23.2. The van der Waals surface area contributed by atoms with Gasteiger partial charge in [-0.25, -0.2) is 4.39 Å². The Morgan fingerprint density at radius 3 is 2.63 bits per heavy atom. The minimum absolute atomic E-state index is 0.0911. The molecule has 1 saturated carbocycles. The Morgan fingerprint density at radius 1 is 1.17 bits per heavy atom. The first-order valence-corrected chi connectivity index (χ1v) is 12.2. The molecular weight excluding hydrogens is 445 g/mol. The predicted molar refractivity (Wildman–Crippen MR) is 129 cm³/mol. The van der Waals surface area contributed by atoms with Crippen LogP contribution in [0.25, 0.3) is 0 Å². The van der Waals surface area contributed by atoms with Gasteiger partial charge in [0.05, 0.1) is 24.4 Å². The second-order valence-corrected chi connectivity index (χ2v) is 9.89. The van der Waals surface area contributed by atoms with Crippen LogP contribution in [0.1, 0.15) is 67.5 Å². The SMILES string of the molecule is CC1(c2ccc([C@@H](NC(=O)[C@@H]3CCCN3C(=O)Cc3cn[nH]n3)c3ccccc3)cc2F)CCC1. The van der Waals surface area contributed by atoms with Crippen molar-refractivity contribution < 1.29 is 14.0 Å². The Balaban J connectivity index is 1.38. The van der Waals surface area contributed by atoms with Crippen LogP contribution in [0.4, 0.5) is 4.39 Å². The highest BCUT2D eigenvalue weighted by Gasteiger charge is 2.37. The maximum absolute atomic E-state index is 15.3. The second-order valence-electron chi connectivity index (χ2n) is 9.89. The van der Waals surface area contributed by atoms with Crippen LogP contribution in [0.15, 0.2) is 54.7 Å². The summed E-state index contributed by atoms with van der Waals surface area (Å²) in [5.74, 6) is -0.623. The number of benzene rings is 2. The van der Waals surface area contributed by atoms with Gasteiger partial charge in [0.15, 0.2) is 0 Å². The van der Waals surface area contributed by atoms with Gasteiger partial charge in [0.2, 0.25) is 11.8 Å². The third-order valence-corrected chi connectivity index (χ3v) is 7.53. The molecule has 2 N–H and O–H groups in total. The van der Waals surface area contributed by atoms with Gasteiger partial charge in [-0.2, -0.15) is 15.4 Å². The molecule has 35 heavy (non-hydrogen) atoms. The summed E-state index contributed by atoms with van der Waals surface area (Å²) in [6.07, 6.45) is 6.03. The van der Waals surface area contributed by atoms with E-state index in [-0.39, 0.29) is 29.5 Å². The van der Waals surface area contributed by atoms with E-state index in [4.69, 9.17) is 0 Å². The molecule has 1 aliphatic carbocycles. The summed E-state index contributed by atoms with van der Waals surface area (Å²) in [7, 11) is 0. The topological polar surface area (TPSA) is 91.0 Å². The first-order valence-electron chi connectivity index (χ1n) is 12.2. The number of likely N-dealkylation sites (tertiary alicyclic amines) is 1. The Hall–Kier alpha value is -3.55. The minimum atomic E-state index is -0.571. The van der Waals surface area contributed by atoms with Crippen LogP contribution in [0.5, 0.6) is 0 Å². The molecule has 5 rings (SSSR count). The predicted octanol–water partition coefficient (Wildman–Crippen LogP) is 3.82. The standard InChI is InChI=1S/C27H30FN5O2/c1-27(12-6-13-27)21-11-10-19(15-22(21)28)25(18-7-3-2-4-8-18)30-26(35)23-9-5-14-33(23)24(34)16-20-17-29-32-31-20/h2-4,7-8,10-11,15,17,23,25H,5-6,9,12-14,16H2,1H3,(H,30,35)(H,29,31,32)/t23-,25-/m0/s1. The van der Waals surface area contributed by atoms with Gasteiger partial charge in [-0.15, -0.1) is 0 Å². The van der Waals surface area contributed by atoms with Crippen molar-refractivity contribution in [3.05, 3.63) is 82.9 Å². The van der Waals surface area contributed by atoms with E-state index in [0.29, 0.717) is 24.2 Å². The van der Waals surface area contributed by atoms with E-state index >= 15 is 4.39 Å². The first-order chi connectivity index (χ1) is 16.9. The van der Waals surface area contributed by atoms with Gasteiger partial charge >= 0.3 is 0 Å². The Morgan fingerprint density at radius 2 is 1.97 bits per heavy atom. The molecule has 8 heteroatoms. The molecule has 0 spiro atoms. The molecule has 2 aliphatic rings. The van der Waals surface area contributed by atoms with Gasteiger partial charge in [0.1, 0.15) is 11.9 Å². The number of hydrogen-bond donors (Lipinski definition) is 2. The van der Waals surface area contributed by atoms with Gasteiger partial charge in [-0.05, 0) is 53.9 Å². The summed E-state index contributed by atoms with van der Waals surface area (Å²) in [6.45, 7) is 2.63. The van der Waals surface area contributed by atoms with Crippen molar-refractivity contribution >= 4 is 11.8 Å². The molecule has 2 aromatic carbocycles. The molecule has 0 bridgehead atoms. The van der Waals surface area contributed by atoms with E-state index in [1.54, 1.807) is 11.0 Å². The number of amides is 2. The summed E-state index contributed by atoms with van der Waals surface area (Å²) >= 11 is 0. The highest BCUT2D eigenvalue weighted by molar-refractivity contribution is 5.89. The van der Waals surface area contributed by atoms with Crippen molar-refractivity contribution in [2.45, 2.75) is 62.9 Å². The van der Waals surface area contributed by atoms with Crippen molar-refractivity contribution in [2.75, 3.05) is 6.54 Å². The number of rotatable bonds is 7. The third kappa shape index (κ3) is 4.70. The number of nitrogens with zero attached hydrogens (tertiary/aromatic N) is 3. The Bertz CT molecular complexity index is 1190. The van der Waals surface area contributed by atoms with E-state index in [9.17, 15) is 9.59 Å². The monoisotopic (exact) mass is 475 g/mol. The van der Waals surface area contributed by atoms with Crippen LogP contribution in [0, 0.1) is 5.82 Å². The highest BCUT2D eigenvalue weighted by atomic mass is 19.1. The molecule has 0 unspecified atom stereocenters. The summed E-state index contributed by atoms with van der Waals surface area (Å²) < 4.78 is 15.3. The molecule has 7 nitrogen and oxygen atoms in total. The van der Waals surface area contributed by atoms with Gasteiger partial charge < -0.3 is 10.2 Å². The highest BCUT2D eigenvalue weighted by Crippen LogP contribution is 2.44. The Labute approximate surface area is 204 Å². The summed E-state index contributed by atoms with van der Waals surface area (Å²) in [5.41, 5.74) is 2.72. The smallest absolute Gasteiger partial charge is 0.243 e. The fraction of sp³-hybridized carbons (Fsp3) is 0.407. The molecule has 182 valence electrons. The molecule has 1 aliphatic heterocycles. The lowest BCUT2D eigenvalue weighted by molar-refractivity contribution is -0.138. The van der Waals surface area contributed by atoms with Crippen molar-refractivity contribution in [1.29, 1.82) is 0 Å². The van der Waals surface area contributed by atoms with Crippen LogP contribution in [0.2, 0.25) is 0 Å². The normalized spacial score (nSPS) is 19.7. The van der Waals surface area contributed by atoms with Gasteiger partial charge in [-0.1, -0.05) is 55.8 Å². The van der Waals surface area contributed by atoms with Crippen molar-refractivity contribution in [3.8, 4) is 0 Å². The minimum Gasteiger partial charge on any atom is -0.343 e. The van der Waals surface area contributed by atoms with Crippen LogP contribution >= 0.6 is 0 Å². The van der Waals surface area contributed by atoms with Crippen molar-refractivity contribution in [1.82, 2.24) is 25.6 Å². The van der Waals surface area contributed by atoms with E-state index in [1.807, 2.05) is 42.5 Å². The van der Waals surface area contributed by atoms with E-state index in [0.717, 1.165) is 36.8 Å². The van der Waals surface area contributed by atoms with E-state index in [2.05, 4.69) is 27.7 Å². The average Bonchev–Trinajstić information content (AvgIpc) is 3.54. The molecule has 2 heterocycles. The molecule has 2 fully saturated rings. The number of hydrogen-bond acceptors (Lipinski definition) is 4. The summed E-state index contributed by atoms with van der Waals surface area (Å²) in [4.78, 5) is 27.9. The zero-order valence-electron chi connectivity index (χ0n) is 19.8. The number of nitrogens with one attached hydrogen (secondary N) is 2. The van der Waals surface area contributed by atoms with Crippen LogP contribution < -0.4 is 5.32 Å². The van der Waals surface area contributed by atoms with E-state index in [1.165, 1.54) is 6.20 Å². The fourth-order valence-electron chi connectivity index (χ4n) is 5.32. The van der Waals surface area contributed by atoms with Crippen molar-refractivity contribution in [3.63, 3.8) is 0 Å². The number of halogens is 1.